The van der Waals surface area contributed by atoms with Crippen molar-refractivity contribution in [2.45, 2.75) is 90.5 Å². The molecule has 0 spiro atoms. The first-order valence-corrected chi connectivity index (χ1v) is 10.9. The average Bonchev–Trinajstić information content (AvgIpc) is 2.86. The molecule has 2 amide bonds. The molecule has 4 nitrogen and oxygen atoms in total. The summed E-state index contributed by atoms with van der Waals surface area (Å²) in [6.07, 6.45) is 12.4. The van der Waals surface area contributed by atoms with Crippen LogP contribution in [0.2, 0.25) is 0 Å². The van der Waals surface area contributed by atoms with Gasteiger partial charge in [-0.15, -0.1) is 0 Å². The molecule has 1 fully saturated rings. The minimum Gasteiger partial charge on any atom is -0.502 e. The molecule has 0 bridgehead atoms. The summed E-state index contributed by atoms with van der Waals surface area (Å²) in [5, 5.41) is 10.6. The molecule has 1 aromatic rings. The Balaban J connectivity index is 1.81. The van der Waals surface area contributed by atoms with E-state index in [0.29, 0.717) is 5.56 Å². The van der Waals surface area contributed by atoms with E-state index in [9.17, 15) is 14.7 Å². The van der Waals surface area contributed by atoms with Crippen molar-refractivity contribution in [3.05, 3.63) is 40.6 Å². The van der Waals surface area contributed by atoms with E-state index >= 15 is 0 Å². The molecular formula is C24H33NO3. The number of amides is 2. The highest BCUT2D eigenvalue weighted by Crippen LogP contribution is 2.34. The van der Waals surface area contributed by atoms with E-state index in [4.69, 9.17) is 0 Å². The lowest BCUT2D eigenvalue weighted by Crippen LogP contribution is -2.41. The Morgan fingerprint density at radius 1 is 0.821 bits per heavy atom. The van der Waals surface area contributed by atoms with Crippen LogP contribution in [0.1, 0.15) is 87.3 Å². The van der Waals surface area contributed by atoms with Crippen molar-refractivity contribution in [1.29, 1.82) is 0 Å². The van der Waals surface area contributed by atoms with Gasteiger partial charge in [-0.3, -0.25) is 14.5 Å². The Kier molecular flexibility index (Phi) is 6.93. The monoisotopic (exact) mass is 383 g/mol. The Morgan fingerprint density at radius 3 is 1.89 bits per heavy atom. The van der Waals surface area contributed by atoms with Gasteiger partial charge in [-0.1, -0.05) is 81.5 Å². The normalized spacial score (nSPS) is 21.0. The fourth-order valence-corrected chi connectivity index (χ4v) is 4.60. The third kappa shape index (κ3) is 4.48. The second-order valence-corrected chi connectivity index (χ2v) is 8.44. The fourth-order valence-electron chi connectivity index (χ4n) is 4.60. The number of hydrogen-bond acceptors (Lipinski definition) is 3. The quantitative estimate of drug-likeness (QED) is 0.675. The van der Waals surface area contributed by atoms with Gasteiger partial charge in [-0.25, -0.2) is 0 Å². The molecule has 0 unspecified atom stereocenters. The molecule has 1 saturated carbocycles. The Morgan fingerprint density at radius 2 is 1.36 bits per heavy atom. The van der Waals surface area contributed by atoms with Crippen molar-refractivity contribution < 1.29 is 14.7 Å². The van der Waals surface area contributed by atoms with Gasteiger partial charge in [0.1, 0.15) is 0 Å². The van der Waals surface area contributed by atoms with Crippen LogP contribution < -0.4 is 0 Å². The number of imide groups is 1. The van der Waals surface area contributed by atoms with Gasteiger partial charge in [0.2, 0.25) is 0 Å². The van der Waals surface area contributed by atoms with E-state index in [1.54, 1.807) is 0 Å². The zero-order valence-corrected chi connectivity index (χ0v) is 17.3. The molecule has 0 atom stereocenters. The minimum absolute atomic E-state index is 0.107. The molecule has 1 heterocycles. The standard InChI is InChI=1S/C24H33NO3/c1-17-14-15-20(18(2)16-17)21-22(26)24(28)25(23(21)27)19-12-10-8-6-4-3-5-7-9-11-13-19/h14-16,19,26H,3-13H2,1-2H3. The highest BCUT2D eigenvalue weighted by molar-refractivity contribution is 6.35. The van der Waals surface area contributed by atoms with Crippen molar-refractivity contribution in [3.63, 3.8) is 0 Å². The Labute approximate surface area is 168 Å². The minimum atomic E-state index is -0.517. The molecular weight excluding hydrogens is 350 g/mol. The molecule has 0 radical (unpaired) electrons. The number of carbonyl (C=O) groups is 2. The summed E-state index contributed by atoms with van der Waals surface area (Å²) in [4.78, 5) is 27.4. The summed E-state index contributed by atoms with van der Waals surface area (Å²) in [6, 6.07) is 5.63. The SMILES string of the molecule is Cc1ccc(C2=C(O)C(=O)N(C3CCCCCCCCCCC3)C2=O)c(C)c1. The second kappa shape index (κ2) is 9.40. The van der Waals surface area contributed by atoms with Crippen molar-refractivity contribution in [2.24, 2.45) is 0 Å². The number of rotatable bonds is 2. The maximum atomic E-state index is 13.2. The van der Waals surface area contributed by atoms with E-state index in [-0.39, 0.29) is 23.3 Å². The van der Waals surface area contributed by atoms with Gasteiger partial charge in [-0.2, -0.15) is 0 Å². The number of nitrogens with zero attached hydrogens (tertiary/aromatic N) is 1. The molecule has 152 valence electrons. The summed E-state index contributed by atoms with van der Waals surface area (Å²) in [5.41, 5.74) is 2.84. The predicted octanol–water partition coefficient (Wildman–Crippen LogP) is 5.61. The summed E-state index contributed by atoms with van der Waals surface area (Å²) in [6.45, 7) is 3.91. The van der Waals surface area contributed by atoms with E-state index in [1.165, 1.54) is 37.0 Å². The average molecular weight is 384 g/mol. The van der Waals surface area contributed by atoms with Crippen LogP contribution in [0.3, 0.4) is 0 Å². The van der Waals surface area contributed by atoms with Crippen molar-refractivity contribution >= 4 is 17.4 Å². The van der Waals surface area contributed by atoms with Crippen LogP contribution in [-0.4, -0.2) is 27.9 Å². The molecule has 0 aromatic heterocycles. The summed E-state index contributed by atoms with van der Waals surface area (Å²) >= 11 is 0. The van der Waals surface area contributed by atoms with Gasteiger partial charge in [0, 0.05) is 6.04 Å². The Hall–Kier alpha value is -2.10. The van der Waals surface area contributed by atoms with Crippen LogP contribution in [-0.2, 0) is 9.59 Å². The topological polar surface area (TPSA) is 57.6 Å². The first kappa shape index (κ1) is 20.6. The highest BCUT2D eigenvalue weighted by Gasteiger charge is 2.42. The van der Waals surface area contributed by atoms with E-state index in [1.807, 2.05) is 32.0 Å². The van der Waals surface area contributed by atoms with Crippen molar-refractivity contribution in [3.8, 4) is 0 Å². The van der Waals surface area contributed by atoms with E-state index < -0.39 is 5.91 Å². The molecule has 1 aliphatic carbocycles. The third-order valence-corrected chi connectivity index (χ3v) is 6.18. The molecule has 1 aromatic carbocycles. The molecule has 4 heteroatoms. The van der Waals surface area contributed by atoms with Crippen molar-refractivity contribution in [2.75, 3.05) is 0 Å². The van der Waals surface area contributed by atoms with Crippen LogP contribution in [0, 0.1) is 13.8 Å². The zero-order valence-electron chi connectivity index (χ0n) is 17.3. The van der Waals surface area contributed by atoms with Crippen LogP contribution in [0.25, 0.3) is 5.57 Å². The largest absolute Gasteiger partial charge is 0.502 e. The lowest BCUT2D eigenvalue weighted by atomic mass is 9.96. The summed E-state index contributed by atoms with van der Waals surface area (Å²) < 4.78 is 0. The van der Waals surface area contributed by atoms with Gasteiger partial charge in [0.15, 0.2) is 5.76 Å². The number of benzene rings is 1. The number of aliphatic hydroxyl groups is 1. The maximum absolute atomic E-state index is 13.2. The van der Waals surface area contributed by atoms with Gasteiger partial charge >= 0.3 is 0 Å². The van der Waals surface area contributed by atoms with Crippen LogP contribution in [0.5, 0.6) is 0 Å². The third-order valence-electron chi connectivity index (χ3n) is 6.18. The molecule has 1 N–H and O–H groups in total. The predicted molar refractivity (Wildman–Crippen MR) is 112 cm³/mol. The number of carbonyl (C=O) groups excluding carboxylic acids is 2. The molecule has 3 rings (SSSR count). The molecule has 28 heavy (non-hydrogen) atoms. The number of hydrogen-bond donors (Lipinski definition) is 1. The summed E-state index contributed by atoms with van der Waals surface area (Å²) in [5.74, 6) is -1.23. The molecule has 0 saturated heterocycles. The first-order valence-electron chi connectivity index (χ1n) is 10.9. The van der Waals surface area contributed by atoms with Gasteiger partial charge in [0.05, 0.1) is 5.57 Å². The lowest BCUT2D eigenvalue weighted by molar-refractivity contribution is -0.141. The summed E-state index contributed by atoms with van der Waals surface area (Å²) in [7, 11) is 0. The number of aliphatic hydroxyl groups excluding tert-OH is 1. The second-order valence-electron chi connectivity index (χ2n) is 8.44. The Bertz CT molecular complexity index is 753. The van der Waals surface area contributed by atoms with E-state index in [2.05, 4.69) is 0 Å². The molecule has 1 aliphatic heterocycles. The maximum Gasteiger partial charge on any atom is 0.296 e. The number of aryl methyl sites for hydroxylation is 2. The van der Waals surface area contributed by atoms with Gasteiger partial charge in [-0.05, 0) is 37.8 Å². The lowest BCUT2D eigenvalue weighted by Gasteiger charge is -2.27. The van der Waals surface area contributed by atoms with Crippen LogP contribution in [0.15, 0.2) is 24.0 Å². The first-order chi connectivity index (χ1) is 13.5. The highest BCUT2D eigenvalue weighted by atomic mass is 16.3. The van der Waals surface area contributed by atoms with Gasteiger partial charge in [0.25, 0.3) is 11.8 Å². The smallest absolute Gasteiger partial charge is 0.296 e. The van der Waals surface area contributed by atoms with Crippen LogP contribution >= 0.6 is 0 Å². The van der Waals surface area contributed by atoms with Crippen LogP contribution in [0.4, 0.5) is 0 Å². The van der Waals surface area contributed by atoms with Gasteiger partial charge < -0.3 is 5.11 Å². The van der Waals surface area contributed by atoms with E-state index in [0.717, 1.165) is 49.7 Å². The fraction of sp³-hybridized carbons (Fsp3) is 0.583. The van der Waals surface area contributed by atoms with Crippen molar-refractivity contribution in [1.82, 2.24) is 4.90 Å². The molecule has 2 aliphatic rings. The zero-order chi connectivity index (χ0) is 20.1.